The molecular weight excluding hydrogens is 302 g/mol. The molecule has 0 unspecified atom stereocenters. The van der Waals surface area contributed by atoms with E-state index < -0.39 is 0 Å². The topological polar surface area (TPSA) is 59.3 Å². The Morgan fingerprint density at radius 2 is 1.75 bits per heavy atom. The molecule has 0 saturated heterocycles. The van der Waals surface area contributed by atoms with Crippen LogP contribution < -0.4 is 5.32 Å². The molecule has 24 heavy (non-hydrogen) atoms. The number of hydrogen-bond acceptors (Lipinski definition) is 3. The highest BCUT2D eigenvalue weighted by Crippen LogP contribution is 2.30. The second kappa shape index (κ2) is 5.96. The molecule has 0 saturated carbocycles. The van der Waals surface area contributed by atoms with Gasteiger partial charge in [0.1, 0.15) is 5.58 Å². The lowest BCUT2D eigenvalue weighted by Gasteiger charge is -2.05. The molecule has 0 aliphatic rings. The van der Waals surface area contributed by atoms with E-state index in [1.165, 1.54) is 6.92 Å². The lowest BCUT2D eigenvalue weighted by atomic mass is 9.99. The van der Waals surface area contributed by atoms with Crippen LogP contribution in [0.4, 0.5) is 5.69 Å². The maximum atomic E-state index is 12.9. The summed E-state index contributed by atoms with van der Waals surface area (Å²) in [4.78, 5) is 24.1. The highest BCUT2D eigenvalue weighted by Gasteiger charge is 2.21. The lowest BCUT2D eigenvalue weighted by molar-refractivity contribution is -0.114. The minimum Gasteiger partial charge on any atom is -0.452 e. The Labute approximate surface area is 140 Å². The summed E-state index contributed by atoms with van der Waals surface area (Å²) in [7, 11) is 0. The fourth-order valence-corrected chi connectivity index (χ4v) is 2.82. The molecule has 1 heterocycles. The Hall–Kier alpha value is -2.88. The number of furan rings is 1. The lowest BCUT2D eigenvalue weighted by Crippen LogP contribution is -2.05. The fraction of sp³-hybridized carbons (Fsp3) is 0.200. The molecule has 0 spiro atoms. The van der Waals surface area contributed by atoms with E-state index in [9.17, 15) is 9.59 Å². The summed E-state index contributed by atoms with van der Waals surface area (Å²) >= 11 is 0. The van der Waals surface area contributed by atoms with Crippen LogP contribution in [0.2, 0.25) is 0 Å². The van der Waals surface area contributed by atoms with Crippen molar-refractivity contribution in [2.24, 2.45) is 0 Å². The van der Waals surface area contributed by atoms with Crippen LogP contribution in [0.1, 0.15) is 39.7 Å². The average Bonchev–Trinajstić information content (AvgIpc) is 2.85. The van der Waals surface area contributed by atoms with Crippen molar-refractivity contribution >= 4 is 28.3 Å². The number of hydrogen-bond donors (Lipinski definition) is 1. The molecule has 0 fully saturated rings. The van der Waals surface area contributed by atoms with Crippen molar-refractivity contribution in [1.29, 1.82) is 0 Å². The monoisotopic (exact) mass is 321 g/mol. The molecule has 2 aromatic carbocycles. The van der Waals surface area contributed by atoms with Gasteiger partial charge in [0.2, 0.25) is 11.7 Å². The molecule has 3 rings (SSSR count). The van der Waals surface area contributed by atoms with E-state index in [1.807, 2.05) is 45.0 Å². The number of carbonyl (C=O) groups excluding carboxylic acids is 2. The van der Waals surface area contributed by atoms with Crippen LogP contribution >= 0.6 is 0 Å². The van der Waals surface area contributed by atoms with Gasteiger partial charge in [0.15, 0.2) is 5.76 Å². The molecule has 4 heteroatoms. The van der Waals surface area contributed by atoms with Gasteiger partial charge in [-0.05, 0) is 50.6 Å². The summed E-state index contributed by atoms with van der Waals surface area (Å²) in [6, 6.07) is 11.2. The number of anilines is 1. The van der Waals surface area contributed by atoms with Gasteiger partial charge < -0.3 is 9.73 Å². The van der Waals surface area contributed by atoms with Crippen molar-refractivity contribution in [3.05, 3.63) is 64.4 Å². The van der Waals surface area contributed by atoms with E-state index in [4.69, 9.17) is 4.42 Å². The third-order valence-electron chi connectivity index (χ3n) is 4.10. The SMILES string of the molecule is CC(=O)Nc1ccc2oc(C(=O)c3cc(C)ccc3C)c(C)c2c1. The highest BCUT2D eigenvalue weighted by atomic mass is 16.3. The molecule has 1 amide bonds. The van der Waals surface area contributed by atoms with Crippen LogP contribution in [0.5, 0.6) is 0 Å². The minimum atomic E-state index is -0.137. The second-order valence-electron chi connectivity index (χ2n) is 6.10. The first-order chi connectivity index (χ1) is 11.4. The van der Waals surface area contributed by atoms with Crippen LogP contribution in [0.15, 0.2) is 40.8 Å². The van der Waals surface area contributed by atoms with Gasteiger partial charge in [0.05, 0.1) is 0 Å². The Morgan fingerprint density at radius 3 is 2.46 bits per heavy atom. The molecular formula is C20H19NO3. The van der Waals surface area contributed by atoms with Gasteiger partial charge in [-0.2, -0.15) is 0 Å². The zero-order valence-electron chi connectivity index (χ0n) is 14.2. The zero-order chi connectivity index (χ0) is 17.4. The van der Waals surface area contributed by atoms with Gasteiger partial charge in [-0.1, -0.05) is 17.7 Å². The average molecular weight is 321 g/mol. The summed E-state index contributed by atoms with van der Waals surface area (Å²) in [6.07, 6.45) is 0. The standard InChI is InChI=1S/C20H19NO3/c1-11-5-6-12(2)16(9-11)19(23)20-13(3)17-10-15(21-14(4)22)7-8-18(17)24-20/h5-10H,1-4H3,(H,21,22). The van der Waals surface area contributed by atoms with Crippen LogP contribution in [0, 0.1) is 20.8 Å². The number of ketones is 1. The van der Waals surface area contributed by atoms with E-state index in [2.05, 4.69) is 5.32 Å². The molecule has 0 aliphatic carbocycles. The Balaban J connectivity index is 2.09. The normalized spacial score (nSPS) is 10.8. The number of amides is 1. The van der Waals surface area contributed by atoms with Gasteiger partial charge in [-0.25, -0.2) is 0 Å². The van der Waals surface area contributed by atoms with Crippen molar-refractivity contribution in [3.63, 3.8) is 0 Å². The first-order valence-corrected chi connectivity index (χ1v) is 7.79. The first kappa shape index (κ1) is 16.0. The number of aryl methyl sites for hydroxylation is 3. The maximum absolute atomic E-state index is 12.9. The number of fused-ring (bicyclic) bond motifs is 1. The number of nitrogens with one attached hydrogen (secondary N) is 1. The van der Waals surface area contributed by atoms with Gasteiger partial charge in [-0.15, -0.1) is 0 Å². The molecule has 1 aromatic heterocycles. The smallest absolute Gasteiger partial charge is 0.228 e. The third kappa shape index (κ3) is 2.83. The third-order valence-corrected chi connectivity index (χ3v) is 4.10. The fourth-order valence-electron chi connectivity index (χ4n) is 2.82. The number of carbonyl (C=O) groups is 2. The Morgan fingerprint density at radius 1 is 1.00 bits per heavy atom. The van der Waals surface area contributed by atoms with Crippen molar-refractivity contribution in [2.45, 2.75) is 27.7 Å². The highest BCUT2D eigenvalue weighted by molar-refractivity contribution is 6.11. The largest absolute Gasteiger partial charge is 0.452 e. The number of rotatable bonds is 3. The molecule has 3 aromatic rings. The second-order valence-corrected chi connectivity index (χ2v) is 6.10. The zero-order valence-corrected chi connectivity index (χ0v) is 14.2. The quantitative estimate of drug-likeness (QED) is 0.720. The van der Waals surface area contributed by atoms with Gasteiger partial charge in [0.25, 0.3) is 0 Å². The van der Waals surface area contributed by atoms with Gasteiger partial charge >= 0.3 is 0 Å². The van der Waals surface area contributed by atoms with Crippen LogP contribution in [0.3, 0.4) is 0 Å². The van der Waals surface area contributed by atoms with E-state index in [1.54, 1.807) is 12.1 Å². The molecule has 0 radical (unpaired) electrons. The number of benzene rings is 2. The van der Waals surface area contributed by atoms with Crippen LogP contribution in [-0.4, -0.2) is 11.7 Å². The molecule has 1 N–H and O–H groups in total. The molecule has 0 bridgehead atoms. The predicted molar refractivity (Wildman–Crippen MR) is 94.6 cm³/mol. The molecule has 122 valence electrons. The summed E-state index contributed by atoms with van der Waals surface area (Å²) < 4.78 is 5.81. The summed E-state index contributed by atoms with van der Waals surface area (Å²) in [6.45, 7) is 7.20. The summed E-state index contributed by atoms with van der Waals surface area (Å²) in [5.41, 5.74) is 4.71. The molecule has 4 nitrogen and oxygen atoms in total. The van der Waals surface area contributed by atoms with Crippen molar-refractivity contribution in [2.75, 3.05) is 5.32 Å². The van der Waals surface area contributed by atoms with E-state index in [0.717, 1.165) is 22.1 Å². The van der Waals surface area contributed by atoms with Crippen LogP contribution in [0.25, 0.3) is 11.0 Å². The van der Waals surface area contributed by atoms with E-state index >= 15 is 0 Å². The Bertz CT molecular complexity index is 966. The van der Waals surface area contributed by atoms with Gasteiger partial charge in [0, 0.05) is 29.1 Å². The van der Waals surface area contributed by atoms with Crippen LogP contribution in [-0.2, 0) is 4.79 Å². The Kier molecular flexibility index (Phi) is 3.97. The van der Waals surface area contributed by atoms with E-state index in [-0.39, 0.29) is 11.7 Å². The summed E-state index contributed by atoms with van der Waals surface area (Å²) in [5, 5.41) is 3.57. The van der Waals surface area contributed by atoms with Crippen molar-refractivity contribution in [1.82, 2.24) is 0 Å². The molecule has 0 atom stereocenters. The minimum absolute atomic E-state index is 0.119. The van der Waals surface area contributed by atoms with Gasteiger partial charge in [-0.3, -0.25) is 9.59 Å². The first-order valence-electron chi connectivity index (χ1n) is 7.79. The van der Waals surface area contributed by atoms with E-state index in [0.29, 0.717) is 22.6 Å². The molecule has 0 aliphatic heterocycles. The van der Waals surface area contributed by atoms with Crippen molar-refractivity contribution < 1.29 is 14.0 Å². The van der Waals surface area contributed by atoms with Crippen molar-refractivity contribution in [3.8, 4) is 0 Å². The predicted octanol–water partition coefficient (Wildman–Crippen LogP) is 4.55. The maximum Gasteiger partial charge on any atom is 0.228 e. The summed E-state index contributed by atoms with van der Waals surface area (Å²) in [5.74, 6) is 0.0897.